The third-order valence-corrected chi connectivity index (χ3v) is 5.27. The molecule has 5 heteroatoms. The van der Waals surface area contributed by atoms with Crippen LogP contribution in [0.4, 0.5) is 0 Å². The quantitative estimate of drug-likeness (QED) is 0.802. The van der Waals surface area contributed by atoms with Crippen LogP contribution in [-0.2, 0) is 11.2 Å². The summed E-state index contributed by atoms with van der Waals surface area (Å²) < 4.78 is 0. The number of aliphatic hydroxyl groups is 1. The van der Waals surface area contributed by atoms with Gasteiger partial charge in [-0.1, -0.05) is 18.2 Å². The number of carbonyl (C=O) groups excluding carboxylic acids is 1. The number of nitrogens with zero attached hydrogens (tertiary/aromatic N) is 1. The molecule has 0 spiro atoms. The fourth-order valence-electron chi connectivity index (χ4n) is 4.01. The molecule has 3 atom stereocenters. The van der Waals surface area contributed by atoms with Crippen LogP contribution >= 0.6 is 0 Å². The molecular formula is C19H23N3O2. The number of aromatic nitrogens is 1. The largest absolute Gasteiger partial charge is 0.394 e. The van der Waals surface area contributed by atoms with Gasteiger partial charge < -0.3 is 15.4 Å². The van der Waals surface area contributed by atoms with Gasteiger partial charge in [0.15, 0.2) is 0 Å². The Kier molecular flexibility index (Phi) is 3.70. The Labute approximate surface area is 141 Å². The van der Waals surface area contributed by atoms with Crippen molar-refractivity contribution in [3.05, 3.63) is 41.6 Å². The lowest BCUT2D eigenvalue weighted by molar-refractivity contribution is -0.125. The highest BCUT2D eigenvalue weighted by molar-refractivity contribution is 5.99. The first-order valence-electron chi connectivity index (χ1n) is 8.51. The Hall–Kier alpha value is -2.11. The van der Waals surface area contributed by atoms with Gasteiger partial charge in [0.1, 0.15) is 0 Å². The molecule has 2 aromatic rings. The van der Waals surface area contributed by atoms with Crippen molar-refractivity contribution in [1.29, 1.82) is 0 Å². The Bertz CT molecular complexity index is 823. The van der Waals surface area contributed by atoms with E-state index in [2.05, 4.69) is 52.7 Å². The van der Waals surface area contributed by atoms with Crippen molar-refractivity contribution in [3.8, 4) is 0 Å². The molecule has 1 aliphatic heterocycles. The topological polar surface area (TPSA) is 68.4 Å². The first-order valence-corrected chi connectivity index (χ1v) is 8.51. The Morgan fingerprint density at radius 2 is 2.33 bits per heavy atom. The fourth-order valence-corrected chi connectivity index (χ4v) is 4.01. The minimum atomic E-state index is -0.218. The van der Waals surface area contributed by atoms with Crippen molar-refractivity contribution >= 4 is 22.4 Å². The number of aromatic amines is 1. The van der Waals surface area contributed by atoms with Crippen LogP contribution < -0.4 is 5.32 Å². The van der Waals surface area contributed by atoms with E-state index in [1.54, 1.807) is 0 Å². The molecule has 0 saturated carbocycles. The van der Waals surface area contributed by atoms with Crippen molar-refractivity contribution in [1.82, 2.24) is 15.2 Å². The number of H-pyrrole nitrogens is 1. The fraction of sp³-hybridized carbons (Fsp3) is 0.421. The molecule has 2 aliphatic rings. The first-order chi connectivity index (χ1) is 11.6. The van der Waals surface area contributed by atoms with Crippen LogP contribution in [0.15, 0.2) is 30.5 Å². The standard InChI is InChI=1S/C19H23N3O2/c1-11(10-23)21-19(24)13-6-15-14-4-3-5-16-18(14)12(8-20-16)7-17(15)22(2)9-13/h3-6,8,11,13,17,20,23H,7,9-10H2,1-2H3,(H,21,24)/t11-,13-,17+/m0/s1. The van der Waals surface area contributed by atoms with Crippen LogP contribution in [-0.4, -0.2) is 53.2 Å². The minimum Gasteiger partial charge on any atom is -0.394 e. The molecule has 0 saturated heterocycles. The summed E-state index contributed by atoms with van der Waals surface area (Å²) in [6, 6.07) is 6.42. The molecule has 1 amide bonds. The van der Waals surface area contributed by atoms with Gasteiger partial charge >= 0.3 is 0 Å². The third-order valence-electron chi connectivity index (χ3n) is 5.27. The van der Waals surface area contributed by atoms with E-state index >= 15 is 0 Å². The van der Waals surface area contributed by atoms with Crippen molar-refractivity contribution in [2.45, 2.75) is 25.4 Å². The minimum absolute atomic E-state index is 0.0126. The van der Waals surface area contributed by atoms with Crippen molar-refractivity contribution < 1.29 is 9.90 Å². The normalized spacial score (nSPS) is 24.4. The average molecular weight is 325 g/mol. The highest BCUT2D eigenvalue weighted by Gasteiger charge is 2.35. The van der Waals surface area contributed by atoms with Gasteiger partial charge in [-0.2, -0.15) is 0 Å². The van der Waals surface area contributed by atoms with E-state index in [0.717, 1.165) is 11.9 Å². The van der Waals surface area contributed by atoms with Crippen molar-refractivity contribution in [3.63, 3.8) is 0 Å². The third kappa shape index (κ3) is 2.36. The molecule has 2 heterocycles. The lowest BCUT2D eigenvalue weighted by Crippen LogP contribution is -2.48. The van der Waals surface area contributed by atoms with E-state index in [4.69, 9.17) is 5.11 Å². The molecule has 1 aromatic carbocycles. The zero-order chi connectivity index (χ0) is 16.8. The van der Waals surface area contributed by atoms with E-state index in [9.17, 15) is 4.79 Å². The van der Waals surface area contributed by atoms with E-state index < -0.39 is 0 Å². The molecule has 24 heavy (non-hydrogen) atoms. The zero-order valence-corrected chi connectivity index (χ0v) is 14.0. The highest BCUT2D eigenvalue weighted by atomic mass is 16.3. The van der Waals surface area contributed by atoms with Gasteiger partial charge in [-0.3, -0.25) is 9.69 Å². The lowest BCUT2D eigenvalue weighted by Gasteiger charge is -2.39. The number of likely N-dealkylation sites (N-methyl/N-ethyl adjacent to an activating group) is 1. The van der Waals surface area contributed by atoms with Crippen LogP contribution in [0, 0.1) is 5.92 Å². The highest BCUT2D eigenvalue weighted by Crippen LogP contribution is 2.40. The van der Waals surface area contributed by atoms with E-state index in [-0.39, 0.29) is 24.5 Å². The molecule has 3 N–H and O–H groups in total. The molecular weight excluding hydrogens is 302 g/mol. The summed E-state index contributed by atoms with van der Waals surface area (Å²) in [4.78, 5) is 18.2. The molecule has 4 rings (SSSR count). The van der Waals surface area contributed by atoms with Gasteiger partial charge in [0.05, 0.1) is 12.5 Å². The van der Waals surface area contributed by atoms with E-state index in [1.165, 1.54) is 22.1 Å². The number of hydrogen-bond acceptors (Lipinski definition) is 3. The van der Waals surface area contributed by atoms with Crippen LogP contribution in [0.5, 0.6) is 0 Å². The summed E-state index contributed by atoms with van der Waals surface area (Å²) in [6.07, 6.45) is 5.22. The molecule has 0 bridgehead atoms. The summed E-state index contributed by atoms with van der Waals surface area (Å²) in [7, 11) is 2.09. The molecule has 0 unspecified atom stereocenters. The Balaban J connectivity index is 1.75. The van der Waals surface area contributed by atoms with Gasteiger partial charge in [0.25, 0.3) is 0 Å². The van der Waals surface area contributed by atoms with Gasteiger partial charge in [-0.05, 0) is 43.2 Å². The van der Waals surface area contributed by atoms with Crippen LogP contribution in [0.2, 0.25) is 0 Å². The number of rotatable bonds is 3. The smallest absolute Gasteiger partial charge is 0.228 e. The monoisotopic (exact) mass is 325 g/mol. The summed E-state index contributed by atoms with van der Waals surface area (Å²) in [5.74, 6) is -0.201. The number of carbonyl (C=O) groups is 1. The maximum atomic E-state index is 12.5. The molecule has 0 fully saturated rings. The number of fused-ring (bicyclic) bond motifs is 2. The second kappa shape index (κ2) is 5.76. The van der Waals surface area contributed by atoms with Gasteiger partial charge in [-0.15, -0.1) is 0 Å². The molecule has 0 radical (unpaired) electrons. The Morgan fingerprint density at radius 3 is 3.12 bits per heavy atom. The molecule has 1 aromatic heterocycles. The second-order valence-electron chi connectivity index (χ2n) is 7.02. The van der Waals surface area contributed by atoms with E-state index in [0.29, 0.717) is 12.6 Å². The van der Waals surface area contributed by atoms with Crippen LogP contribution in [0.1, 0.15) is 18.1 Å². The number of amides is 1. The van der Waals surface area contributed by atoms with Crippen molar-refractivity contribution in [2.24, 2.45) is 5.92 Å². The summed E-state index contributed by atoms with van der Waals surface area (Å²) in [5, 5.41) is 13.3. The summed E-state index contributed by atoms with van der Waals surface area (Å²) >= 11 is 0. The number of nitrogens with one attached hydrogen (secondary N) is 2. The molecule has 5 nitrogen and oxygen atoms in total. The van der Waals surface area contributed by atoms with Gasteiger partial charge in [0, 0.05) is 35.7 Å². The second-order valence-corrected chi connectivity index (χ2v) is 7.02. The van der Waals surface area contributed by atoms with Gasteiger partial charge in [0.2, 0.25) is 5.91 Å². The zero-order valence-electron chi connectivity index (χ0n) is 14.0. The first kappa shape index (κ1) is 15.4. The number of benzene rings is 1. The number of hydrogen-bond donors (Lipinski definition) is 3. The van der Waals surface area contributed by atoms with Crippen LogP contribution in [0.25, 0.3) is 16.5 Å². The Morgan fingerprint density at radius 1 is 1.50 bits per heavy atom. The average Bonchev–Trinajstić information content (AvgIpc) is 3.00. The van der Waals surface area contributed by atoms with Crippen molar-refractivity contribution in [2.75, 3.05) is 20.2 Å². The molecule has 1 aliphatic carbocycles. The predicted octanol–water partition coefficient (Wildman–Crippen LogP) is 1.53. The SMILES string of the molecule is C[C@@H](CO)NC(=O)[C@H]1C=C2c3cccc4[nH]cc(c34)C[C@H]2N(C)C1. The maximum Gasteiger partial charge on any atom is 0.228 e. The van der Waals surface area contributed by atoms with Gasteiger partial charge in [-0.25, -0.2) is 0 Å². The van der Waals surface area contributed by atoms with E-state index in [1.807, 2.05) is 6.92 Å². The molecule has 126 valence electrons. The maximum absolute atomic E-state index is 12.5. The summed E-state index contributed by atoms with van der Waals surface area (Å²) in [6.45, 7) is 2.47. The van der Waals surface area contributed by atoms with Crippen LogP contribution in [0.3, 0.4) is 0 Å². The predicted molar refractivity (Wildman–Crippen MR) is 94.6 cm³/mol. The summed E-state index contributed by atoms with van der Waals surface area (Å²) in [5.41, 5.74) is 4.99. The number of aliphatic hydroxyl groups excluding tert-OH is 1. The lowest BCUT2D eigenvalue weighted by atomic mass is 9.80.